The predicted molar refractivity (Wildman–Crippen MR) is 268 cm³/mol. The van der Waals surface area contributed by atoms with E-state index in [1.807, 2.05) is 18.2 Å². The Balaban J connectivity index is 0.850. The number of nitro benzene ring substituents is 1. The van der Waals surface area contributed by atoms with Gasteiger partial charge >= 0.3 is 0 Å². The minimum absolute atomic E-state index is 0.000219. The number of nitro groups is 1. The summed E-state index contributed by atoms with van der Waals surface area (Å²) in [5, 5.41) is 14.1. The van der Waals surface area contributed by atoms with Gasteiger partial charge in [-0.1, -0.05) is 49.6 Å². The monoisotopic (exact) mass is 976 g/mol. The van der Waals surface area contributed by atoms with Crippen LogP contribution in [0, 0.1) is 21.4 Å². The maximum Gasteiger partial charge on any atom is 0.277 e. The molecule has 0 unspecified atom stereocenters. The lowest BCUT2D eigenvalue weighted by Crippen LogP contribution is -2.57. The fraction of sp³-hybridized carbons (Fsp3) is 0.462. The first kappa shape index (κ1) is 47.2. The van der Waals surface area contributed by atoms with E-state index in [-0.39, 0.29) is 34.1 Å². The Morgan fingerprint density at radius 2 is 1.80 bits per heavy atom. The summed E-state index contributed by atoms with van der Waals surface area (Å²) in [4.78, 5) is 43.0. The molecule has 1 amide bonds. The van der Waals surface area contributed by atoms with Crippen molar-refractivity contribution in [2.75, 3.05) is 70.4 Å². The van der Waals surface area contributed by atoms with E-state index < -0.39 is 25.7 Å². The van der Waals surface area contributed by atoms with Crippen LogP contribution in [-0.4, -0.2) is 122 Å². The number of carbonyl (C=O) groups excluding carboxylic acids is 1. The average molecular weight is 978 g/mol. The van der Waals surface area contributed by atoms with Crippen molar-refractivity contribution >= 4 is 55.5 Å². The van der Waals surface area contributed by atoms with Crippen LogP contribution in [0.1, 0.15) is 80.8 Å². The number of pyridine rings is 1. The predicted octanol–water partition coefficient (Wildman–Crippen LogP) is 8.93. The number of sulfonamides is 1. The van der Waals surface area contributed by atoms with Gasteiger partial charge in [-0.3, -0.25) is 24.7 Å². The second kappa shape index (κ2) is 19.3. The van der Waals surface area contributed by atoms with Crippen LogP contribution < -0.4 is 19.1 Å². The van der Waals surface area contributed by atoms with E-state index >= 15 is 0 Å². The summed E-state index contributed by atoms with van der Waals surface area (Å²) in [6.07, 6.45) is 10.7. The molecule has 69 heavy (non-hydrogen) atoms. The Hall–Kier alpha value is -5.52. The molecule has 5 heterocycles. The van der Waals surface area contributed by atoms with Gasteiger partial charge in [0.1, 0.15) is 22.9 Å². The van der Waals surface area contributed by atoms with Crippen molar-refractivity contribution in [2.24, 2.45) is 11.3 Å². The van der Waals surface area contributed by atoms with Crippen LogP contribution in [0.5, 0.6) is 17.2 Å². The molecule has 3 aromatic carbocycles. The number of aromatic nitrogens is 2. The van der Waals surface area contributed by atoms with Crippen LogP contribution in [0.4, 0.5) is 11.4 Å². The average Bonchev–Trinajstić information content (AvgIpc) is 3.78. The lowest BCUT2D eigenvalue weighted by Gasteiger charge is -2.47. The Bertz CT molecular complexity index is 2890. The summed E-state index contributed by atoms with van der Waals surface area (Å²) >= 11 is 6.26. The molecule has 5 aliphatic rings. The third-order valence-corrected chi connectivity index (χ3v) is 16.6. The highest BCUT2D eigenvalue weighted by Crippen LogP contribution is 2.44. The number of nitrogens with one attached hydrogen (secondary N) is 2. The molecule has 364 valence electrons. The first-order valence-electron chi connectivity index (χ1n) is 24.3. The van der Waals surface area contributed by atoms with Crippen molar-refractivity contribution in [3.05, 3.63) is 117 Å². The standard InChI is InChI=1S/C52H61ClN8O7S/c1-34-30-58(19-22-60(34)40-5-4-6-40)31-35-23-45-47(61(63)64)26-43(27-48(45)67-33-35)69(65,66)56-51(62)44-12-11-41(25-49(44)68-42-24-37-14-16-54-50(37)55-29-42)59-20-17-57(18-21-59)32-38-13-15-52(2,3)28-46(38)36-7-9-39(53)10-8-36/h7-12,14,16,24-27,29,34-35,40H,4-6,13,15,17-23,28,30-33H2,1-3H3,(H,54,55)(H,56,62)/t34-,35-/m1/s1. The van der Waals surface area contributed by atoms with Gasteiger partial charge < -0.3 is 24.3 Å². The van der Waals surface area contributed by atoms with Gasteiger partial charge in [-0.05, 0) is 98.4 Å². The SMILES string of the molecule is C[C@@H]1CN(C[C@@H]2COc3cc(S(=O)(=O)NC(=O)c4ccc(N5CCN(CC6=C(c7ccc(Cl)cc7)CC(C)(C)CC6)CC5)cc4Oc4cnc5[nH]ccc5c4)cc([N+](=O)[O-])c3C2)CCN1C1CCC1. The van der Waals surface area contributed by atoms with Gasteiger partial charge in [0.2, 0.25) is 0 Å². The molecule has 10 rings (SSSR count). The van der Waals surface area contributed by atoms with Crippen molar-refractivity contribution in [1.29, 1.82) is 0 Å². The molecule has 2 N–H and O–H groups in total. The van der Waals surface area contributed by atoms with Crippen molar-refractivity contribution in [1.82, 2.24) is 29.4 Å². The zero-order valence-corrected chi connectivity index (χ0v) is 41.2. The zero-order chi connectivity index (χ0) is 48.0. The Labute approximate surface area is 409 Å². The highest BCUT2D eigenvalue weighted by Gasteiger charge is 2.37. The van der Waals surface area contributed by atoms with E-state index in [1.54, 1.807) is 30.5 Å². The number of hydrogen-bond acceptors (Lipinski definition) is 12. The topological polar surface area (TPSA) is 166 Å². The van der Waals surface area contributed by atoms with Crippen LogP contribution in [0.25, 0.3) is 16.6 Å². The molecule has 2 aliphatic carbocycles. The van der Waals surface area contributed by atoms with Gasteiger partial charge in [0, 0.05) is 117 Å². The van der Waals surface area contributed by atoms with E-state index in [0.29, 0.717) is 42.1 Å². The number of carbonyl (C=O) groups is 1. The molecular formula is C52H61ClN8O7S. The normalized spacial score (nSPS) is 21.7. The lowest BCUT2D eigenvalue weighted by molar-refractivity contribution is -0.386. The largest absolute Gasteiger partial charge is 0.493 e. The second-order valence-corrected chi connectivity index (χ2v) is 22.6. The van der Waals surface area contributed by atoms with Crippen molar-refractivity contribution in [3.63, 3.8) is 0 Å². The number of allylic oxidation sites excluding steroid dienone is 1. The molecule has 3 fully saturated rings. The molecule has 15 nitrogen and oxygen atoms in total. The van der Waals surface area contributed by atoms with Crippen molar-refractivity contribution < 1.29 is 27.6 Å². The van der Waals surface area contributed by atoms with Crippen LogP contribution in [0.2, 0.25) is 5.02 Å². The molecule has 1 saturated carbocycles. The maximum atomic E-state index is 14.2. The number of aromatic amines is 1. The van der Waals surface area contributed by atoms with Crippen molar-refractivity contribution in [3.8, 4) is 17.2 Å². The van der Waals surface area contributed by atoms with E-state index in [1.165, 1.54) is 48.2 Å². The molecule has 17 heteroatoms. The molecule has 3 aliphatic heterocycles. The Morgan fingerprint density at radius 1 is 1.01 bits per heavy atom. The summed E-state index contributed by atoms with van der Waals surface area (Å²) in [5.41, 5.74) is 5.79. The van der Waals surface area contributed by atoms with E-state index in [4.69, 9.17) is 21.1 Å². The first-order chi connectivity index (χ1) is 33.1. The number of anilines is 1. The number of rotatable bonds is 13. The molecule has 0 radical (unpaired) electrons. The first-order valence-corrected chi connectivity index (χ1v) is 26.2. The smallest absolute Gasteiger partial charge is 0.277 e. The van der Waals surface area contributed by atoms with E-state index in [9.17, 15) is 23.3 Å². The third kappa shape index (κ3) is 10.4. The van der Waals surface area contributed by atoms with Crippen molar-refractivity contribution in [2.45, 2.75) is 82.7 Å². The number of fused-ring (bicyclic) bond motifs is 2. The molecular weight excluding hydrogens is 916 g/mol. The number of halogens is 1. The van der Waals surface area contributed by atoms with Crippen LogP contribution in [-0.2, 0) is 16.4 Å². The van der Waals surface area contributed by atoms with E-state index in [0.717, 1.165) is 100 Å². The van der Waals surface area contributed by atoms with Gasteiger partial charge in [0.25, 0.3) is 21.6 Å². The summed E-state index contributed by atoms with van der Waals surface area (Å²) in [7, 11) is -4.63. The highest BCUT2D eigenvalue weighted by atomic mass is 35.5. The fourth-order valence-corrected chi connectivity index (χ4v) is 12.1. The van der Waals surface area contributed by atoms with E-state index in [2.05, 4.69) is 67.2 Å². The molecule has 0 bridgehead atoms. The molecule has 2 atom stereocenters. The van der Waals surface area contributed by atoms with Gasteiger partial charge in [0.05, 0.1) is 33.7 Å². The number of piperazine rings is 2. The van der Waals surface area contributed by atoms with Gasteiger partial charge in [-0.25, -0.2) is 18.1 Å². The number of ether oxygens (including phenoxy) is 2. The molecule has 2 saturated heterocycles. The van der Waals surface area contributed by atoms with Gasteiger partial charge in [-0.2, -0.15) is 0 Å². The molecule has 5 aromatic rings. The lowest BCUT2D eigenvalue weighted by atomic mass is 9.72. The molecule has 2 aromatic heterocycles. The van der Waals surface area contributed by atoms with Crippen LogP contribution in [0.3, 0.4) is 0 Å². The summed E-state index contributed by atoms with van der Waals surface area (Å²) < 4.78 is 42.8. The Kier molecular flexibility index (Phi) is 13.2. The van der Waals surface area contributed by atoms with Gasteiger partial charge in [-0.15, -0.1) is 0 Å². The summed E-state index contributed by atoms with van der Waals surface area (Å²) in [5.74, 6) is -0.330. The number of H-pyrrole nitrogens is 1. The number of hydrogen-bond donors (Lipinski definition) is 2. The Morgan fingerprint density at radius 3 is 2.54 bits per heavy atom. The third-order valence-electron chi connectivity index (χ3n) is 15.0. The zero-order valence-electron chi connectivity index (χ0n) is 39.6. The van der Waals surface area contributed by atoms with Crippen LogP contribution in [0.15, 0.2) is 89.6 Å². The van der Waals surface area contributed by atoms with Crippen LogP contribution >= 0.6 is 11.6 Å². The summed E-state index contributed by atoms with van der Waals surface area (Å²) in [6.45, 7) is 14.8. The second-order valence-electron chi connectivity index (χ2n) is 20.5. The number of benzene rings is 3. The highest BCUT2D eigenvalue weighted by molar-refractivity contribution is 7.90. The fourth-order valence-electron chi connectivity index (χ4n) is 11.0. The van der Waals surface area contributed by atoms with Gasteiger partial charge in [0.15, 0.2) is 0 Å². The number of nitrogens with zero attached hydrogens (tertiary/aromatic N) is 6. The minimum atomic E-state index is -4.63. The number of amides is 1. The molecule has 0 spiro atoms. The minimum Gasteiger partial charge on any atom is -0.493 e. The quantitative estimate of drug-likeness (QED) is 0.0851. The maximum absolute atomic E-state index is 14.2. The summed E-state index contributed by atoms with van der Waals surface area (Å²) in [6, 6.07) is 20.4.